The first-order chi connectivity index (χ1) is 17.0. The lowest BCUT2D eigenvalue weighted by Gasteiger charge is -2.40. The van der Waals surface area contributed by atoms with Gasteiger partial charge in [0.05, 0.1) is 20.3 Å². The van der Waals surface area contributed by atoms with E-state index in [2.05, 4.69) is 0 Å². The second-order valence-corrected chi connectivity index (χ2v) is 9.01. The van der Waals surface area contributed by atoms with E-state index in [0.717, 1.165) is 29.5 Å². The number of hydrogen-bond donors (Lipinski definition) is 1. The molecule has 0 aliphatic carbocycles. The van der Waals surface area contributed by atoms with Gasteiger partial charge in [0.2, 0.25) is 5.75 Å². The predicted octanol–water partition coefficient (Wildman–Crippen LogP) is 5.96. The van der Waals surface area contributed by atoms with E-state index in [1.165, 1.54) is 0 Å². The first-order valence-electron chi connectivity index (χ1n) is 11.7. The summed E-state index contributed by atoms with van der Waals surface area (Å²) in [4.78, 5) is 14.2. The minimum Gasteiger partial charge on any atom is -0.493 e. The van der Waals surface area contributed by atoms with Crippen LogP contribution in [0.3, 0.4) is 0 Å². The molecule has 184 valence electrons. The molecule has 1 saturated heterocycles. The third kappa shape index (κ3) is 5.72. The molecule has 2 atom stereocenters. The summed E-state index contributed by atoms with van der Waals surface area (Å²) in [6, 6.07) is 20.3. The highest BCUT2D eigenvalue weighted by Crippen LogP contribution is 2.44. The number of halogens is 1. The average Bonchev–Trinajstić information content (AvgIpc) is 2.88. The Morgan fingerprint density at radius 1 is 1.00 bits per heavy atom. The van der Waals surface area contributed by atoms with Gasteiger partial charge in [-0.25, -0.2) is 0 Å². The normalized spacial score (nSPS) is 16.9. The van der Waals surface area contributed by atoms with Gasteiger partial charge >= 0.3 is 5.97 Å². The molecule has 6 nitrogen and oxygen atoms in total. The molecule has 3 aromatic carbocycles. The summed E-state index contributed by atoms with van der Waals surface area (Å²) in [5, 5.41) is 10.6. The van der Waals surface area contributed by atoms with E-state index >= 15 is 0 Å². The van der Waals surface area contributed by atoms with Crippen LogP contribution in [0.25, 0.3) is 0 Å². The monoisotopic (exact) mass is 495 g/mol. The van der Waals surface area contributed by atoms with Crippen LogP contribution in [0.1, 0.15) is 42.0 Å². The highest BCUT2D eigenvalue weighted by Gasteiger charge is 2.36. The van der Waals surface area contributed by atoms with Crippen molar-refractivity contribution in [2.24, 2.45) is 0 Å². The molecule has 0 amide bonds. The van der Waals surface area contributed by atoms with Gasteiger partial charge in [0.25, 0.3) is 0 Å². The number of carboxylic acids is 1. The highest BCUT2D eigenvalue weighted by atomic mass is 35.5. The van der Waals surface area contributed by atoms with Crippen molar-refractivity contribution in [1.82, 2.24) is 4.90 Å². The number of hydrogen-bond acceptors (Lipinski definition) is 5. The van der Waals surface area contributed by atoms with Gasteiger partial charge < -0.3 is 19.3 Å². The van der Waals surface area contributed by atoms with Crippen LogP contribution in [-0.4, -0.2) is 42.8 Å². The molecule has 0 aromatic heterocycles. The number of methoxy groups -OCH3 is 2. The molecule has 1 fully saturated rings. The summed E-state index contributed by atoms with van der Waals surface area (Å²) < 4.78 is 17.6. The molecule has 0 spiro atoms. The average molecular weight is 496 g/mol. The molecule has 35 heavy (non-hydrogen) atoms. The molecule has 1 aliphatic rings. The maximum atomic E-state index is 12.2. The topological polar surface area (TPSA) is 68.2 Å². The van der Waals surface area contributed by atoms with Crippen molar-refractivity contribution in [3.8, 4) is 17.2 Å². The zero-order valence-corrected chi connectivity index (χ0v) is 20.7. The minimum atomic E-state index is -0.821. The molecule has 0 radical (unpaired) electrons. The third-order valence-electron chi connectivity index (χ3n) is 6.35. The Bertz CT molecular complexity index is 1130. The lowest BCUT2D eigenvalue weighted by atomic mass is 9.91. The molecule has 0 bridgehead atoms. The zero-order valence-electron chi connectivity index (χ0n) is 19.9. The molecule has 2 unspecified atom stereocenters. The van der Waals surface area contributed by atoms with Gasteiger partial charge in [0.1, 0.15) is 12.6 Å². The summed E-state index contributed by atoms with van der Waals surface area (Å²) >= 11 is 6.35. The standard InChI is InChI=1S/C28H30ClNO5/c1-33-24-16-21(17-25(34-2)27(24)35-18-19-9-4-3-5-10-19)26(20-11-8-12-22(29)15-20)30-14-7-6-13-23(30)28(31)32/h3-5,8-12,15-17,23,26H,6-7,13-14,18H2,1-2H3,(H,31,32). The van der Waals surface area contributed by atoms with E-state index in [0.29, 0.717) is 41.8 Å². The summed E-state index contributed by atoms with van der Waals surface area (Å²) in [7, 11) is 3.17. The zero-order chi connectivity index (χ0) is 24.8. The first-order valence-corrected chi connectivity index (χ1v) is 12.1. The largest absolute Gasteiger partial charge is 0.493 e. The van der Waals surface area contributed by atoms with Gasteiger partial charge in [0, 0.05) is 5.02 Å². The van der Waals surface area contributed by atoms with Gasteiger partial charge in [0.15, 0.2) is 11.5 Å². The van der Waals surface area contributed by atoms with E-state index < -0.39 is 12.0 Å². The Balaban J connectivity index is 1.78. The highest BCUT2D eigenvalue weighted by molar-refractivity contribution is 6.30. The summed E-state index contributed by atoms with van der Waals surface area (Å²) in [6.45, 7) is 1.02. The molecule has 3 aromatic rings. The Labute approximate surface area is 211 Å². The van der Waals surface area contributed by atoms with Gasteiger partial charge in [-0.3, -0.25) is 9.69 Å². The van der Waals surface area contributed by atoms with E-state index in [-0.39, 0.29) is 6.04 Å². The number of aliphatic carboxylic acids is 1. The lowest BCUT2D eigenvalue weighted by molar-refractivity contribution is -0.145. The van der Waals surface area contributed by atoms with Crippen LogP contribution < -0.4 is 14.2 Å². The van der Waals surface area contributed by atoms with Crippen LogP contribution in [-0.2, 0) is 11.4 Å². The Morgan fingerprint density at radius 2 is 1.71 bits per heavy atom. The number of carbonyl (C=O) groups is 1. The van der Waals surface area contributed by atoms with Gasteiger partial charge in [-0.1, -0.05) is 60.5 Å². The van der Waals surface area contributed by atoms with Crippen molar-refractivity contribution in [3.05, 3.63) is 88.4 Å². The third-order valence-corrected chi connectivity index (χ3v) is 6.59. The predicted molar refractivity (Wildman–Crippen MR) is 136 cm³/mol. The Morgan fingerprint density at radius 3 is 2.34 bits per heavy atom. The van der Waals surface area contributed by atoms with Crippen molar-refractivity contribution < 1.29 is 24.1 Å². The number of carboxylic acid groups (broad SMARTS) is 1. The van der Waals surface area contributed by atoms with Crippen molar-refractivity contribution >= 4 is 17.6 Å². The maximum Gasteiger partial charge on any atom is 0.320 e. The van der Waals surface area contributed by atoms with Gasteiger partial charge in [-0.05, 0) is 60.3 Å². The van der Waals surface area contributed by atoms with E-state index in [1.54, 1.807) is 14.2 Å². The summed E-state index contributed by atoms with van der Waals surface area (Å²) in [5.41, 5.74) is 2.78. The second kappa shape index (κ2) is 11.5. The lowest BCUT2D eigenvalue weighted by Crippen LogP contribution is -2.46. The fraction of sp³-hybridized carbons (Fsp3) is 0.321. The van der Waals surface area contributed by atoms with Crippen LogP contribution >= 0.6 is 11.6 Å². The molecular formula is C28H30ClNO5. The number of rotatable bonds is 9. The van der Waals surface area contributed by atoms with Crippen molar-refractivity contribution in [1.29, 1.82) is 0 Å². The summed E-state index contributed by atoms with van der Waals surface area (Å²) in [6.07, 6.45) is 2.40. The van der Waals surface area contributed by atoms with Crippen molar-refractivity contribution in [2.75, 3.05) is 20.8 Å². The smallest absolute Gasteiger partial charge is 0.320 e. The van der Waals surface area contributed by atoms with Crippen molar-refractivity contribution in [2.45, 2.75) is 38.0 Å². The molecule has 1 N–H and O–H groups in total. The van der Waals surface area contributed by atoms with E-state index in [4.69, 9.17) is 25.8 Å². The molecule has 1 aliphatic heterocycles. The minimum absolute atomic E-state index is 0.346. The number of benzene rings is 3. The molecule has 4 rings (SSSR count). The van der Waals surface area contributed by atoms with Crippen LogP contribution in [0, 0.1) is 0 Å². The number of nitrogens with zero attached hydrogens (tertiary/aromatic N) is 1. The Hall–Kier alpha value is -3.22. The van der Waals surface area contributed by atoms with Gasteiger partial charge in [-0.15, -0.1) is 0 Å². The molecular weight excluding hydrogens is 466 g/mol. The van der Waals surface area contributed by atoms with Gasteiger partial charge in [-0.2, -0.15) is 0 Å². The van der Waals surface area contributed by atoms with Crippen LogP contribution in [0.5, 0.6) is 17.2 Å². The maximum absolute atomic E-state index is 12.2. The fourth-order valence-corrected chi connectivity index (χ4v) is 4.91. The SMILES string of the molecule is COc1cc(C(c2cccc(Cl)c2)N2CCCCC2C(=O)O)cc(OC)c1OCc1ccccc1. The summed E-state index contributed by atoms with van der Waals surface area (Å²) in [5.74, 6) is 0.719. The number of piperidine rings is 1. The second-order valence-electron chi connectivity index (χ2n) is 8.57. The van der Waals surface area contributed by atoms with E-state index in [9.17, 15) is 9.90 Å². The van der Waals surface area contributed by atoms with Crippen molar-refractivity contribution in [3.63, 3.8) is 0 Å². The Kier molecular flexibility index (Phi) is 8.16. The van der Waals surface area contributed by atoms with Crippen LogP contribution in [0.15, 0.2) is 66.7 Å². The van der Waals surface area contributed by atoms with Crippen LogP contribution in [0.4, 0.5) is 0 Å². The number of likely N-dealkylation sites (tertiary alicyclic amines) is 1. The quantitative estimate of drug-likeness (QED) is 0.394. The number of ether oxygens (including phenoxy) is 3. The fourth-order valence-electron chi connectivity index (χ4n) is 4.71. The molecule has 1 heterocycles. The first kappa shape index (κ1) is 24.9. The van der Waals surface area contributed by atoms with E-state index in [1.807, 2.05) is 71.6 Å². The van der Waals surface area contributed by atoms with Crippen LogP contribution in [0.2, 0.25) is 5.02 Å². The molecule has 7 heteroatoms. The molecule has 0 saturated carbocycles.